The van der Waals surface area contributed by atoms with Gasteiger partial charge < -0.3 is 5.32 Å². The molecule has 130 valence electrons. The van der Waals surface area contributed by atoms with Crippen LogP contribution in [0.1, 0.15) is 60.4 Å². The van der Waals surface area contributed by atoms with Crippen molar-refractivity contribution in [3.63, 3.8) is 0 Å². The largest absolute Gasteiger partial charge is 0.339 e. The number of nitrogens with zero attached hydrogens (tertiary/aromatic N) is 2. The Kier molecular flexibility index (Phi) is 4.24. The molecule has 2 heterocycles. The highest BCUT2D eigenvalue weighted by atomic mass is 15.1. The van der Waals surface area contributed by atoms with Crippen LogP contribution in [0.4, 0.5) is 11.5 Å². The number of nitrogens with one attached hydrogen (secondary N) is 1. The minimum atomic E-state index is 0.570. The number of para-hydroxylation sites is 1. The highest BCUT2D eigenvalue weighted by molar-refractivity contribution is 5.69. The van der Waals surface area contributed by atoms with E-state index < -0.39 is 0 Å². The second-order valence-electron chi connectivity index (χ2n) is 7.51. The zero-order valence-corrected chi connectivity index (χ0v) is 15.5. The van der Waals surface area contributed by atoms with Crippen LogP contribution in [0.15, 0.2) is 36.5 Å². The average Bonchev–Trinajstić information content (AvgIpc) is 2.97. The fraction of sp³-hybridized carbons (Fsp3) is 0.409. The molecule has 3 aromatic rings. The van der Waals surface area contributed by atoms with Crippen LogP contribution < -0.4 is 5.32 Å². The van der Waals surface area contributed by atoms with E-state index in [1.807, 2.05) is 0 Å². The number of pyridine rings is 1. The van der Waals surface area contributed by atoms with E-state index in [1.54, 1.807) is 0 Å². The number of aromatic nitrogens is 2. The van der Waals surface area contributed by atoms with Crippen molar-refractivity contribution in [3.8, 4) is 0 Å². The van der Waals surface area contributed by atoms with Gasteiger partial charge in [-0.15, -0.1) is 0 Å². The number of rotatable bonds is 3. The number of fused-ring (bicyclic) bond motifs is 1. The van der Waals surface area contributed by atoms with Gasteiger partial charge in [0.2, 0.25) is 0 Å². The second-order valence-corrected chi connectivity index (χ2v) is 7.51. The molecule has 1 fully saturated rings. The Morgan fingerprint density at radius 3 is 2.40 bits per heavy atom. The molecule has 0 unspecified atom stereocenters. The number of imidazole rings is 1. The van der Waals surface area contributed by atoms with Gasteiger partial charge in [0.25, 0.3) is 0 Å². The Hall–Kier alpha value is -2.29. The van der Waals surface area contributed by atoms with Gasteiger partial charge in [0, 0.05) is 17.8 Å². The van der Waals surface area contributed by atoms with Crippen molar-refractivity contribution < 1.29 is 0 Å². The molecule has 1 aromatic carbocycles. The van der Waals surface area contributed by atoms with E-state index in [9.17, 15) is 0 Å². The third kappa shape index (κ3) is 3.04. The van der Waals surface area contributed by atoms with E-state index in [0.717, 1.165) is 11.5 Å². The van der Waals surface area contributed by atoms with E-state index in [2.05, 4.69) is 67.0 Å². The fourth-order valence-corrected chi connectivity index (χ4v) is 4.08. The molecule has 4 rings (SSSR count). The van der Waals surface area contributed by atoms with Crippen LogP contribution in [0, 0.1) is 20.8 Å². The number of benzene rings is 1. The summed E-state index contributed by atoms with van der Waals surface area (Å²) in [5.74, 6) is 1.73. The van der Waals surface area contributed by atoms with Gasteiger partial charge in [0.15, 0.2) is 0 Å². The summed E-state index contributed by atoms with van der Waals surface area (Å²) in [6.45, 7) is 6.48. The molecule has 0 radical (unpaired) electrons. The van der Waals surface area contributed by atoms with Gasteiger partial charge in [-0.25, -0.2) is 4.98 Å². The van der Waals surface area contributed by atoms with Crippen LogP contribution in [0.2, 0.25) is 0 Å². The second kappa shape index (κ2) is 6.55. The van der Waals surface area contributed by atoms with Gasteiger partial charge in [-0.2, -0.15) is 0 Å². The van der Waals surface area contributed by atoms with Crippen molar-refractivity contribution in [1.82, 2.24) is 9.38 Å². The van der Waals surface area contributed by atoms with Gasteiger partial charge in [-0.1, -0.05) is 43.5 Å². The molecular formula is C22H27N3. The standard InChI is InChI=1S/C22H27N3/c1-15-12-13-19-23-21(18-10-5-4-6-11-18)22(25(19)14-15)24-20-16(2)8-7-9-17(20)3/h7-9,12-14,18,24H,4-6,10-11H2,1-3H3. The predicted octanol–water partition coefficient (Wildman–Crippen LogP) is 6.05. The van der Waals surface area contributed by atoms with E-state index in [1.165, 1.54) is 60.2 Å². The molecule has 0 aliphatic heterocycles. The zero-order chi connectivity index (χ0) is 17.4. The monoisotopic (exact) mass is 333 g/mol. The van der Waals surface area contributed by atoms with Crippen LogP contribution in [0.25, 0.3) is 5.65 Å². The van der Waals surface area contributed by atoms with Crippen molar-refractivity contribution in [2.75, 3.05) is 5.32 Å². The van der Waals surface area contributed by atoms with Crippen LogP contribution >= 0.6 is 0 Å². The van der Waals surface area contributed by atoms with Gasteiger partial charge in [-0.05, 0) is 56.4 Å². The number of hydrogen-bond donors (Lipinski definition) is 1. The number of aryl methyl sites for hydroxylation is 3. The van der Waals surface area contributed by atoms with Crippen molar-refractivity contribution in [2.45, 2.75) is 58.8 Å². The summed E-state index contributed by atoms with van der Waals surface area (Å²) in [6, 6.07) is 10.7. The maximum Gasteiger partial charge on any atom is 0.138 e. The summed E-state index contributed by atoms with van der Waals surface area (Å²) in [6.07, 6.45) is 8.71. The SMILES string of the molecule is Cc1ccc2nc(C3CCCCC3)c(Nc3c(C)cccc3C)n2c1. The summed E-state index contributed by atoms with van der Waals surface area (Å²) in [7, 11) is 0. The molecule has 1 aliphatic rings. The maximum absolute atomic E-state index is 5.03. The molecule has 25 heavy (non-hydrogen) atoms. The molecule has 1 aliphatic carbocycles. The summed E-state index contributed by atoms with van der Waals surface area (Å²) in [4.78, 5) is 5.03. The predicted molar refractivity (Wildman–Crippen MR) is 105 cm³/mol. The Labute approximate surface area is 150 Å². The lowest BCUT2D eigenvalue weighted by atomic mass is 9.87. The van der Waals surface area contributed by atoms with Gasteiger partial charge in [-0.3, -0.25) is 4.40 Å². The lowest BCUT2D eigenvalue weighted by Gasteiger charge is -2.22. The molecular weight excluding hydrogens is 306 g/mol. The van der Waals surface area contributed by atoms with Gasteiger partial charge in [0.1, 0.15) is 11.5 Å². The summed E-state index contributed by atoms with van der Waals surface area (Å²) < 4.78 is 2.24. The number of hydrogen-bond acceptors (Lipinski definition) is 2. The van der Waals surface area contributed by atoms with Crippen molar-refractivity contribution >= 4 is 17.2 Å². The van der Waals surface area contributed by atoms with E-state index >= 15 is 0 Å². The normalized spacial score (nSPS) is 15.6. The molecule has 1 N–H and O–H groups in total. The molecule has 0 atom stereocenters. The van der Waals surface area contributed by atoms with Crippen molar-refractivity contribution in [3.05, 3.63) is 58.9 Å². The third-order valence-corrected chi connectivity index (χ3v) is 5.51. The van der Waals surface area contributed by atoms with Crippen molar-refractivity contribution in [1.29, 1.82) is 0 Å². The maximum atomic E-state index is 5.03. The molecule has 0 spiro atoms. The minimum absolute atomic E-state index is 0.570. The van der Waals surface area contributed by atoms with Crippen LogP contribution in [-0.2, 0) is 0 Å². The molecule has 3 nitrogen and oxygen atoms in total. The fourth-order valence-electron chi connectivity index (χ4n) is 4.08. The highest BCUT2D eigenvalue weighted by Gasteiger charge is 2.24. The van der Waals surface area contributed by atoms with Gasteiger partial charge >= 0.3 is 0 Å². The summed E-state index contributed by atoms with van der Waals surface area (Å²) >= 11 is 0. The molecule has 1 saturated carbocycles. The van der Waals surface area contributed by atoms with E-state index in [0.29, 0.717) is 5.92 Å². The Balaban J connectivity index is 1.86. The lowest BCUT2D eigenvalue weighted by Crippen LogP contribution is -2.08. The first-order chi connectivity index (χ1) is 12.1. The third-order valence-electron chi connectivity index (χ3n) is 5.51. The molecule has 0 bridgehead atoms. The lowest BCUT2D eigenvalue weighted by molar-refractivity contribution is 0.439. The molecule has 0 amide bonds. The van der Waals surface area contributed by atoms with Crippen LogP contribution in [0.3, 0.4) is 0 Å². The zero-order valence-electron chi connectivity index (χ0n) is 15.5. The molecule has 0 saturated heterocycles. The first kappa shape index (κ1) is 16.2. The summed E-state index contributed by atoms with van der Waals surface area (Å²) in [5.41, 5.74) is 7.30. The molecule has 3 heteroatoms. The Morgan fingerprint density at radius 2 is 1.68 bits per heavy atom. The average molecular weight is 333 g/mol. The highest BCUT2D eigenvalue weighted by Crippen LogP contribution is 2.38. The smallest absolute Gasteiger partial charge is 0.138 e. The topological polar surface area (TPSA) is 29.3 Å². The molecule has 2 aromatic heterocycles. The Bertz CT molecular complexity index is 881. The first-order valence-corrected chi connectivity index (χ1v) is 9.45. The van der Waals surface area contributed by atoms with Crippen LogP contribution in [-0.4, -0.2) is 9.38 Å². The van der Waals surface area contributed by atoms with Crippen LogP contribution in [0.5, 0.6) is 0 Å². The van der Waals surface area contributed by atoms with Crippen molar-refractivity contribution in [2.24, 2.45) is 0 Å². The summed E-state index contributed by atoms with van der Waals surface area (Å²) in [5, 5.41) is 3.76. The quantitative estimate of drug-likeness (QED) is 0.632. The van der Waals surface area contributed by atoms with Gasteiger partial charge in [0.05, 0.1) is 5.69 Å². The van der Waals surface area contributed by atoms with E-state index in [-0.39, 0.29) is 0 Å². The number of anilines is 2. The minimum Gasteiger partial charge on any atom is -0.339 e. The Morgan fingerprint density at radius 1 is 0.960 bits per heavy atom. The van der Waals surface area contributed by atoms with E-state index in [4.69, 9.17) is 4.98 Å². The first-order valence-electron chi connectivity index (χ1n) is 9.45.